The van der Waals surface area contributed by atoms with Crippen LogP contribution in [-0.4, -0.2) is 84.9 Å². The molecule has 2 aromatic rings. The summed E-state index contributed by atoms with van der Waals surface area (Å²) in [5.41, 5.74) is -0.839. The van der Waals surface area contributed by atoms with E-state index in [1.54, 1.807) is 13.8 Å². The first-order chi connectivity index (χ1) is 38.5. The van der Waals surface area contributed by atoms with Gasteiger partial charge in [-0.3, -0.25) is 19.2 Å². The van der Waals surface area contributed by atoms with Crippen LogP contribution in [-0.2, 0) is 53.3 Å². The lowest BCUT2D eigenvalue weighted by molar-refractivity contribution is -0.956. The van der Waals surface area contributed by atoms with E-state index in [2.05, 4.69) is 13.8 Å². The molecular formula is C68H108NO10+. The van der Waals surface area contributed by atoms with Gasteiger partial charge in [0, 0.05) is 62.5 Å². The van der Waals surface area contributed by atoms with Gasteiger partial charge in [-0.25, -0.2) is 4.79 Å². The molecule has 0 radical (unpaired) electrons. The predicted molar refractivity (Wildman–Crippen MR) is 315 cm³/mol. The van der Waals surface area contributed by atoms with Crippen LogP contribution in [0.5, 0.6) is 0 Å². The van der Waals surface area contributed by atoms with E-state index in [0.717, 1.165) is 64.2 Å². The number of hydrogen-bond acceptors (Lipinski definition) is 10. The Kier molecular flexibility index (Phi) is 31.3. The summed E-state index contributed by atoms with van der Waals surface area (Å²) >= 11 is 0. The van der Waals surface area contributed by atoms with E-state index in [1.165, 1.54) is 159 Å². The summed E-state index contributed by atoms with van der Waals surface area (Å²) in [6, 6.07) is 19.3. The summed E-state index contributed by atoms with van der Waals surface area (Å²) in [4.78, 5) is 69.1. The van der Waals surface area contributed by atoms with E-state index >= 15 is 0 Å². The van der Waals surface area contributed by atoms with E-state index in [1.807, 2.05) is 60.7 Å². The molecule has 0 aliphatic carbocycles. The number of rotatable bonds is 43. The third kappa shape index (κ3) is 22.6. The molecule has 4 unspecified atom stereocenters. The number of carbonyl (C=O) groups is 5. The Hall–Kier alpha value is -4.25. The Morgan fingerprint density at radius 2 is 0.873 bits per heavy atom. The quantitative estimate of drug-likeness (QED) is 0.0274. The summed E-state index contributed by atoms with van der Waals surface area (Å²) in [7, 11) is 0. The lowest BCUT2D eigenvalue weighted by Crippen LogP contribution is -2.60. The van der Waals surface area contributed by atoms with Crippen LogP contribution >= 0.6 is 0 Å². The van der Waals surface area contributed by atoms with Crippen LogP contribution < -0.4 is 0 Å². The van der Waals surface area contributed by atoms with Crippen LogP contribution in [0.1, 0.15) is 270 Å². The van der Waals surface area contributed by atoms with Gasteiger partial charge < -0.3 is 28.2 Å². The van der Waals surface area contributed by atoms with Gasteiger partial charge in [-0.15, -0.1) is 0 Å². The molecule has 2 bridgehead atoms. The highest BCUT2D eigenvalue weighted by molar-refractivity contribution is 5.89. The second-order valence-electron chi connectivity index (χ2n) is 24.3. The lowest BCUT2D eigenvalue weighted by Gasteiger charge is -2.47. The van der Waals surface area contributed by atoms with Crippen molar-refractivity contribution in [1.29, 1.82) is 0 Å². The Morgan fingerprint density at radius 3 is 1.27 bits per heavy atom. The third-order valence-corrected chi connectivity index (χ3v) is 17.9. The maximum Gasteiger partial charge on any atom is 0.360 e. The molecule has 11 heteroatoms. The molecule has 3 fully saturated rings. The van der Waals surface area contributed by atoms with Crippen molar-refractivity contribution in [2.45, 2.75) is 289 Å². The monoisotopic (exact) mass is 1100 g/mol. The number of hydrogen-bond donors (Lipinski definition) is 0. The van der Waals surface area contributed by atoms with Gasteiger partial charge >= 0.3 is 29.8 Å². The van der Waals surface area contributed by atoms with E-state index < -0.39 is 41.4 Å². The molecule has 11 nitrogen and oxygen atoms in total. The molecule has 0 aromatic heterocycles. The van der Waals surface area contributed by atoms with Gasteiger partial charge in [0.15, 0.2) is 6.10 Å². The molecule has 3 aliphatic heterocycles. The summed E-state index contributed by atoms with van der Waals surface area (Å²) in [6.45, 7) is 9.98. The summed E-state index contributed by atoms with van der Waals surface area (Å²) in [5.74, 6) is -3.80. The molecule has 2 aromatic carbocycles. The van der Waals surface area contributed by atoms with Crippen LogP contribution in [0.3, 0.4) is 0 Å². The maximum atomic E-state index is 15.0. The molecule has 3 heterocycles. The standard InChI is InChI=1S/C68H108NO10/c1-5-7-9-11-13-15-17-19-21-23-25-27-35-43-63(70)75-53-62(54-76-64(71)44-36-28-26-24-22-20-18-16-14-12-10-8-6-2)77-65(72)55(3)45-46-56(4)66(73)79-68(57-39-31-29-32-40-57,58-41-33-30-34-42-58)67(74)78-61-51-59-47-48-60(52-61)69(59)49-37-38-50-69/h29-34,39-42,55-56,59-62H,5-28,35-38,43-54H2,1-4H3/q+1. The Morgan fingerprint density at radius 1 is 0.506 bits per heavy atom. The van der Waals surface area contributed by atoms with Gasteiger partial charge in [0.1, 0.15) is 19.3 Å². The van der Waals surface area contributed by atoms with Crippen molar-refractivity contribution >= 4 is 29.8 Å². The number of quaternary nitrogens is 1. The summed E-state index contributed by atoms with van der Waals surface area (Å²) in [6.07, 6.45) is 37.8. The molecule has 0 amide bonds. The second kappa shape index (κ2) is 37.7. The van der Waals surface area contributed by atoms with Crippen LogP contribution in [0.15, 0.2) is 60.7 Å². The smallest absolute Gasteiger partial charge is 0.360 e. The van der Waals surface area contributed by atoms with Crippen LogP contribution in [0, 0.1) is 11.8 Å². The van der Waals surface area contributed by atoms with Crippen molar-refractivity contribution in [3.63, 3.8) is 0 Å². The number of unbranched alkanes of at least 4 members (excludes halogenated alkanes) is 24. The Balaban J connectivity index is 1.11. The van der Waals surface area contributed by atoms with Crippen molar-refractivity contribution in [3.8, 4) is 0 Å². The number of nitrogens with zero attached hydrogens (tertiary/aromatic N) is 1. The van der Waals surface area contributed by atoms with Crippen LogP contribution in [0.2, 0.25) is 0 Å². The summed E-state index contributed by atoms with van der Waals surface area (Å²) in [5, 5.41) is 0. The number of esters is 5. The highest BCUT2D eigenvalue weighted by Crippen LogP contribution is 2.47. The van der Waals surface area contributed by atoms with Gasteiger partial charge in [0.25, 0.3) is 5.60 Å². The van der Waals surface area contributed by atoms with Gasteiger partial charge in [0.05, 0.1) is 37.0 Å². The fourth-order valence-electron chi connectivity index (χ4n) is 12.9. The molecule has 0 N–H and O–H groups in total. The summed E-state index contributed by atoms with van der Waals surface area (Å²) < 4.78 is 31.5. The van der Waals surface area contributed by atoms with Crippen LogP contribution in [0.25, 0.3) is 0 Å². The number of benzene rings is 2. The molecular weight excluding hydrogens is 991 g/mol. The molecule has 5 rings (SSSR count). The lowest BCUT2D eigenvalue weighted by atomic mass is 9.85. The zero-order chi connectivity index (χ0) is 56.4. The average Bonchev–Trinajstić information content (AvgIpc) is 4.27. The number of carbonyl (C=O) groups excluding carboxylic acids is 5. The second-order valence-corrected chi connectivity index (χ2v) is 24.3. The molecule has 444 valence electrons. The molecule has 4 atom stereocenters. The van der Waals surface area contributed by atoms with Gasteiger partial charge in [-0.1, -0.05) is 242 Å². The van der Waals surface area contributed by atoms with E-state index in [-0.39, 0.29) is 56.9 Å². The fraction of sp³-hybridized carbons (Fsp3) is 0.750. The first kappa shape index (κ1) is 65.6. The average molecular weight is 1100 g/mol. The molecule has 3 aliphatic rings. The Bertz CT molecular complexity index is 1900. The maximum absolute atomic E-state index is 15.0. The van der Waals surface area contributed by atoms with E-state index in [0.29, 0.717) is 23.2 Å². The van der Waals surface area contributed by atoms with Crippen molar-refractivity contribution in [2.24, 2.45) is 11.8 Å². The van der Waals surface area contributed by atoms with Crippen molar-refractivity contribution in [3.05, 3.63) is 71.8 Å². The minimum Gasteiger partial charge on any atom is -0.462 e. The van der Waals surface area contributed by atoms with Gasteiger partial charge in [-0.05, 0) is 25.7 Å². The van der Waals surface area contributed by atoms with Gasteiger partial charge in [-0.2, -0.15) is 0 Å². The number of ether oxygens (including phenoxy) is 5. The fourth-order valence-corrected chi connectivity index (χ4v) is 12.9. The van der Waals surface area contributed by atoms with Crippen molar-refractivity contribution < 1.29 is 52.1 Å². The van der Waals surface area contributed by atoms with Crippen LogP contribution in [0.4, 0.5) is 0 Å². The van der Waals surface area contributed by atoms with E-state index in [9.17, 15) is 24.0 Å². The molecule has 3 saturated heterocycles. The Labute approximate surface area is 478 Å². The molecule has 79 heavy (non-hydrogen) atoms. The third-order valence-electron chi connectivity index (χ3n) is 17.9. The SMILES string of the molecule is CCCCCCCCCCCCCCCC(=O)OCC(COC(=O)CCCCCCCCCCCCCCC)OC(=O)C(C)CCC(C)C(=O)OC(C(=O)OC1CC2CCC(C1)[N+]21CCCC1)(c1ccccc1)c1ccccc1. The van der Waals surface area contributed by atoms with Gasteiger partial charge in [0.2, 0.25) is 0 Å². The normalized spacial score (nSPS) is 18.3. The molecule has 0 saturated carbocycles. The van der Waals surface area contributed by atoms with Crippen molar-refractivity contribution in [2.75, 3.05) is 26.3 Å². The molecule has 1 spiro atoms. The topological polar surface area (TPSA) is 132 Å². The number of piperidine rings is 1. The van der Waals surface area contributed by atoms with E-state index in [4.69, 9.17) is 23.7 Å². The highest BCUT2D eigenvalue weighted by atomic mass is 16.6. The predicted octanol–water partition coefficient (Wildman–Crippen LogP) is 16.3. The van der Waals surface area contributed by atoms with Crippen molar-refractivity contribution in [1.82, 2.24) is 0 Å². The minimum atomic E-state index is -1.85. The zero-order valence-corrected chi connectivity index (χ0v) is 50.1. The minimum absolute atomic E-state index is 0.218. The first-order valence-electron chi connectivity index (χ1n) is 32.5. The highest BCUT2D eigenvalue weighted by Gasteiger charge is 2.57. The first-order valence-corrected chi connectivity index (χ1v) is 32.5. The largest absolute Gasteiger partial charge is 0.462 e. The zero-order valence-electron chi connectivity index (χ0n) is 50.1.